The maximum absolute atomic E-state index is 13.6. The smallest absolute Gasteiger partial charge is 0.129 e. The van der Waals surface area contributed by atoms with Gasteiger partial charge in [0.05, 0.1) is 11.8 Å². The van der Waals surface area contributed by atoms with Crippen molar-refractivity contribution in [1.82, 2.24) is 15.0 Å². The predicted octanol–water partition coefficient (Wildman–Crippen LogP) is 1.54. The Morgan fingerprint density at radius 2 is 2.24 bits per heavy atom. The number of hydrogen-bond donors (Lipinski definition) is 1. The van der Waals surface area contributed by atoms with Gasteiger partial charge in [0.2, 0.25) is 0 Å². The normalized spacial score (nSPS) is 12.7. The van der Waals surface area contributed by atoms with E-state index in [-0.39, 0.29) is 12.2 Å². The van der Waals surface area contributed by atoms with E-state index in [4.69, 9.17) is 0 Å². The molecule has 0 bridgehead atoms. The number of benzene rings is 1. The Morgan fingerprint density at radius 3 is 2.82 bits per heavy atom. The zero-order chi connectivity index (χ0) is 12.4. The summed E-state index contributed by atoms with van der Waals surface area (Å²) >= 11 is 0. The highest BCUT2D eigenvalue weighted by molar-refractivity contribution is 5.25. The molecule has 1 heterocycles. The molecule has 0 saturated carbocycles. The van der Waals surface area contributed by atoms with Gasteiger partial charge in [-0.05, 0) is 18.6 Å². The summed E-state index contributed by atoms with van der Waals surface area (Å²) in [5, 5.41) is 17.6. The largest absolute Gasteiger partial charge is 0.388 e. The van der Waals surface area contributed by atoms with Crippen molar-refractivity contribution in [3.05, 3.63) is 47.0 Å². The van der Waals surface area contributed by atoms with Crippen molar-refractivity contribution < 1.29 is 9.50 Å². The summed E-state index contributed by atoms with van der Waals surface area (Å²) in [7, 11) is 1.75. The standard InChI is InChI=1S/C12H14FN3O/c1-8-3-4-10(11(13)5-8)12(17)6-9-7-16(2)15-14-9/h3-5,7,12,17H,6H2,1-2H3. The maximum Gasteiger partial charge on any atom is 0.129 e. The van der Waals surface area contributed by atoms with Crippen molar-refractivity contribution in [3.63, 3.8) is 0 Å². The number of aliphatic hydroxyl groups is 1. The summed E-state index contributed by atoms with van der Waals surface area (Å²) in [6, 6.07) is 4.79. The van der Waals surface area contributed by atoms with Crippen molar-refractivity contribution in [2.45, 2.75) is 19.4 Å². The van der Waals surface area contributed by atoms with Crippen LogP contribution in [-0.2, 0) is 13.5 Å². The van der Waals surface area contributed by atoms with Crippen molar-refractivity contribution in [2.75, 3.05) is 0 Å². The number of aliphatic hydroxyl groups excluding tert-OH is 1. The fourth-order valence-corrected chi connectivity index (χ4v) is 1.70. The number of nitrogens with zero attached hydrogens (tertiary/aromatic N) is 3. The van der Waals surface area contributed by atoms with Crippen LogP contribution in [0.5, 0.6) is 0 Å². The molecule has 0 saturated heterocycles. The Bertz CT molecular complexity index is 524. The van der Waals surface area contributed by atoms with E-state index in [2.05, 4.69) is 10.3 Å². The van der Waals surface area contributed by atoms with Gasteiger partial charge in [-0.2, -0.15) is 0 Å². The first-order chi connectivity index (χ1) is 8.06. The van der Waals surface area contributed by atoms with Gasteiger partial charge in [0, 0.05) is 25.2 Å². The second kappa shape index (κ2) is 4.63. The van der Waals surface area contributed by atoms with Crippen LogP contribution in [0.4, 0.5) is 4.39 Å². The molecule has 0 amide bonds. The average molecular weight is 235 g/mol. The Morgan fingerprint density at radius 1 is 1.47 bits per heavy atom. The summed E-state index contributed by atoms with van der Waals surface area (Å²) < 4.78 is 15.2. The van der Waals surface area contributed by atoms with Gasteiger partial charge in [0.15, 0.2) is 0 Å². The summed E-state index contributed by atoms with van der Waals surface area (Å²) in [5.74, 6) is -0.388. The van der Waals surface area contributed by atoms with Gasteiger partial charge >= 0.3 is 0 Å². The lowest BCUT2D eigenvalue weighted by molar-refractivity contribution is 0.172. The molecule has 1 atom stereocenters. The number of hydrogen-bond acceptors (Lipinski definition) is 3. The van der Waals surface area contributed by atoms with Crippen LogP contribution < -0.4 is 0 Å². The van der Waals surface area contributed by atoms with Crippen LogP contribution in [0.1, 0.15) is 22.9 Å². The lowest BCUT2D eigenvalue weighted by Gasteiger charge is -2.10. The number of aromatic nitrogens is 3. The molecule has 0 aliphatic heterocycles. The molecule has 0 radical (unpaired) electrons. The van der Waals surface area contributed by atoms with Gasteiger partial charge in [0.25, 0.3) is 0 Å². The molecule has 5 heteroatoms. The monoisotopic (exact) mass is 235 g/mol. The van der Waals surface area contributed by atoms with Gasteiger partial charge in [-0.15, -0.1) is 5.10 Å². The highest BCUT2D eigenvalue weighted by atomic mass is 19.1. The molecule has 1 aromatic carbocycles. The van der Waals surface area contributed by atoms with Crippen LogP contribution in [0.25, 0.3) is 0 Å². The van der Waals surface area contributed by atoms with Crippen LogP contribution in [0.3, 0.4) is 0 Å². The Kier molecular flexibility index (Phi) is 3.19. The third kappa shape index (κ3) is 2.68. The molecule has 2 aromatic rings. The van der Waals surface area contributed by atoms with Crippen molar-refractivity contribution in [3.8, 4) is 0 Å². The second-order valence-corrected chi connectivity index (χ2v) is 4.13. The molecular weight excluding hydrogens is 221 g/mol. The molecule has 0 spiro atoms. The van der Waals surface area contributed by atoms with Crippen molar-refractivity contribution >= 4 is 0 Å². The molecule has 0 aliphatic carbocycles. The molecule has 0 aliphatic rings. The minimum Gasteiger partial charge on any atom is -0.388 e. The van der Waals surface area contributed by atoms with E-state index < -0.39 is 6.10 Å². The number of halogens is 1. The van der Waals surface area contributed by atoms with E-state index in [1.54, 1.807) is 30.1 Å². The summed E-state index contributed by atoms with van der Waals surface area (Å²) in [5.41, 5.74) is 1.76. The van der Waals surface area contributed by atoms with Gasteiger partial charge in [0.1, 0.15) is 5.82 Å². The third-order valence-corrected chi connectivity index (χ3v) is 2.57. The molecule has 4 nitrogen and oxygen atoms in total. The molecular formula is C12H14FN3O. The molecule has 0 fully saturated rings. The highest BCUT2D eigenvalue weighted by Gasteiger charge is 2.15. The van der Waals surface area contributed by atoms with Crippen molar-refractivity contribution in [2.24, 2.45) is 7.05 Å². The van der Waals surface area contributed by atoms with Crippen molar-refractivity contribution in [1.29, 1.82) is 0 Å². The molecule has 1 aromatic heterocycles. The number of rotatable bonds is 3. The van der Waals surface area contributed by atoms with E-state index in [0.29, 0.717) is 11.3 Å². The first-order valence-corrected chi connectivity index (χ1v) is 5.35. The molecule has 1 unspecified atom stereocenters. The lowest BCUT2D eigenvalue weighted by atomic mass is 10.0. The molecule has 90 valence electrons. The fraction of sp³-hybridized carbons (Fsp3) is 0.333. The van der Waals surface area contributed by atoms with Crippen LogP contribution in [0, 0.1) is 12.7 Å². The first kappa shape index (κ1) is 11.7. The lowest BCUT2D eigenvalue weighted by Crippen LogP contribution is -2.05. The first-order valence-electron chi connectivity index (χ1n) is 5.35. The quantitative estimate of drug-likeness (QED) is 0.878. The van der Waals surface area contributed by atoms with Gasteiger partial charge in [-0.25, -0.2) is 4.39 Å². The maximum atomic E-state index is 13.6. The van der Waals surface area contributed by atoms with Gasteiger partial charge in [-0.1, -0.05) is 17.3 Å². The minimum atomic E-state index is -0.896. The summed E-state index contributed by atoms with van der Waals surface area (Å²) in [4.78, 5) is 0. The van der Waals surface area contributed by atoms with Crippen LogP contribution in [-0.4, -0.2) is 20.1 Å². The predicted molar refractivity (Wildman–Crippen MR) is 60.8 cm³/mol. The van der Waals surface area contributed by atoms with Gasteiger partial charge in [-0.3, -0.25) is 4.68 Å². The Hall–Kier alpha value is -1.75. The summed E-state index contributed by atoms with van der Waals surface area (Å²) in [6.07, 6.45) is 1.07. The van der Waals surface area contributed by atoms with Crippen LogP contribution in [0.2, 0.25) is 0 Å². The fourth-order valence-electron chi connectivity index (χ4n) is 1.70. The molecule has 2 rings (SSSR count). The second-order valence-electron chi connectivity index (χ2n) is 4.13. The highest BCUT2D eigenvalue weighted by Crippen LogP contribution is 2.21. The zero-order valence-corrected chi connectivity index (χ0v) is 9.76. The molecule has 1 N–H and O–H groups in total. The van der Waals surface area contributed by atoms with E-state index in [9.17, 15) is 9.50 Å². The van der Waals surface area contributed by atoms with E-state index in [0.717, 1.165) is 5.56 Å². The van der Waals surface area contributed by atoms with E-state index in [1.165, 1.54) is 6.07 Å². The average Bonchev–Trinajstić information content (AvgIpc) is 2.63. The zero-order valence-electron chi connectivity index (χ0n) is 9.76. The van der Waals surface area contributed by atoms with E-state index in [1.807, 2.05) is 6.92 Å². The van der Waals surface area contributed by atoms with Crippen LogP contribution in [0.15, 0.2) is 24.4 Å². The Balaban J connectivity index is 2.17. The topological polar surface area (TPSA) is 50.9 Å². The molecule has 17 heavy (non-hydrogen) atoms. The summed E-state index contributed by atoms with van der Waals surface area (Å²) in [6.45, 7) is 1.81. The SMILES string of the molecule is Cc1ccc(C(O)Cc2cn(C)nn2)c(F)c1. The minimum absolute atomic E-state index is 0.258. The Labute approximate surface area is 98.7 Å². The van der Waals surface area contributed by atoms with Crippen LogP contribution >= 0.6 is 0 Å². The van der Waals surface area contributed by atoms with E-state index >= 15 is 0 Å². The number of aryl methyl sites for hydroxylation is 2. The third-order valence-electron chi connectivity index (χ3n) is 2.57. The van der Waals surface area contributed by atoms with Gasteiger partial charge < -0.3 is 5.11 Å².